The second-order valence-electron chi connectivity index (χ2n) is 4.08. The smallest absolute Gasteiger partial charge is 0.337 e. The van der Waals surface area contributed by atoms with Gasteiger partial charge in [-0.15, -0.1) is 12.3 Å². The fourth-order valence-electron chi connectivity index (χ4n) is 1.60. The monoisotopic (exact) mass is 338 g/mol. The van der Waals surface area contributed by atoms with E-state index in [4.69, 9.17) is 11.5 Å². The van der Waals surface area contributed by atoms with Gasteiger partial charge in [0.15, 0.2) is 0 Å². The highest BCUT2D eigenvalue weighted by Crippen LogP contribution is 2.26. The maximum atomic E-state index is 11.9. The van der Waals surface area contributed by atoms with Gasteiger partial charge in [0, 0.05) is 16.9 Å². The summed E-state index contributed by atoms with van der Waals surface area (Å²) in [6.45, 7) is 1.91. The van der Waals surface area contributed by atoms with Gasteiger partial charge in [-0.25, -0.2) is 9.59 Å². The van der Waals surface area contributed by atoms with Gasteiger partial charge >= 0.3 is 12.0 Å². The van der Waals surface area contributed by atoms with Crippen LogP contribution in [0.4, 0.5) is 10.5 Å². The first kappa shape index (κ1) is 16.1. The molecule has 5 nitrogen and oxygen atoms in total. The van der Waals surface area contributed by atoms with Crippen LogP contribution in [0.3, 0.4) is 0 Å². The van der Waals surface area contributed by atoms with E-state index in [0.29, 0.717) is 17.3 Å². The lowest BCUT2D eigenvalue weighted by Crippen LogP contribution is -2.37. The molecule has 6 heteroatoms. The molecule has 1 atom stereocenters. The number of carboxylic acids is 1. The van der Waals surface area contributed by atoms with Crippen LogP contribution in [-0.4, -0.2) is 23.1 Å². The number of anilines is 1. The highest BCUT2D eigenvalue weighted by Gasteiger charge is 2.16. The van der Waals surface area contributed by atoms with Crippen molar-refractivity contribution < 1.29 is 14.7 Å². The topological polar surface area (TPSA) is 78.4 Å². The summed E-state index contributed by atoms with van der Waals surface area (Å²) in [5.74, 6) is 1.37. The first-order chi connectivity index (χ1) is 9.49. The van der Waals surface area contributed by atoms with Gasteiger partial charge in [-0.3, -0.25) is 0 Å². The van der Waals surface area contributed by atoms with Crippen LogP contribution in [0.5, 0.6) is 0 Å². The van der Waals surface area contributed by atoms with E-state index >= 15 is 0 Å². The second-order valence-corrected chi connectivity index (χ2v) is 4.93. The number of para-hydroxylation sites is 1. The average molecular weight is 339 g/mol. The van der Waals surface area contributed by atoms with E-state index in [1.807, 2.05) is 6.92 Å². The normalized spacial score (nSPS) is 11.2. The Bertz CT molecular complexity index is 552. The van der Waals surface area contributed by atoms with Crippen molar-refractivity contribution in [2.24, 2.45) is 0 Å². The molecule has 20 heavy (non-hydrogen) atoms. The number of terminal acetylenes is 1. The van der Waals surface area contributed by atoms with Crippen molar-refractivity contribution in [3.05, 3.63) is 28.2 Å². The molecule has 0 fully saturated rings. The molecule has 2 amide bonds. The Labute approximate surface area is 125 Å². The number of carbonyl (C=O) groups excluding carboxylic acids is 1. The zero-order chi connectivity index (χ0) is 15.1. The number of rotatable bonds is 5. The molecule has 0 aliphatic rings. The van der Waals surface area contributed by atoms with Gasteiger partial charge in [0.25, 0.3) is 0 Å². The average Bonchev–Trinajstić information content (AvgIpc) is 2.40. The van der Waals surface area contributed by atoms with Crippen LogP contribution >= 0.6 is 15.9 Å². The lowest BCUT2D eigenvalue weighted by molar-refractivity contribution is 0.0698. The third kappa shape index (κ3) is 4.28. The molecule has 0 spiro atoms. The summed E-state index contributed by atoms with van der Waals surface area (Å²) in [7, 11) is 0. The molecule has 1 aromatic rings. The van der Waals surface area contributed by atoms with Gasteiger partial charge in [-0.05, 0) is 34.5 Å². The lowest BCUT2D eigenvalue weighted by Gasteiger charge is -2.16. The highest BCUT2D eigenvalue weighted by molar-refractivity contribution is 9.10. The van der Waals surface area contributed by atoms with Gasteiger partial charge in [0.05, 0.1) is 11.3 Å². The van der Waals surface area contributed by atoms with E-state index in [-0.39, 0.29) is 17.3 Å². The fraction of sp³-hybridized carbons (Fsp3) is 0.286. The molecule has 0 bridgehead atoms. The van der Waals surface area contributed by atoms with E-state index < -0.39 is 12.0 Å². The highest BCUT2D eigenvalue weighted by atomic mass is 79.9. The van der Waals surface area contributed by atoms with Crippen LogP contribution in [0.15, 0.2) is 22.7 Å². The molecule has 0 saturated heterocycles. The number of hydrogen-bond donors (Lipinski definition) is 3. The Morgan fingerprint density at radius 2 is 2.20 bits per heavy atom. The standard InChI is InChI=1S/C14H15BrN2O3/c1-3-6-9(4-2)16-14(20)17-12-10(13(18)19)7-5-8-11(12)15/h1,5,7-9H,4,6H2,2H3,(H,18,19)(H2,16,17,20). The molecular weight excluding hydrogens is 324 g/mol. The molecule has 0 aliphatic carbocycles. The molecule has 1 rings (SSSR count). The Morgan fingerprint density at radius 3 is 2.75 bits per heavy atom. The number of halogens is 1. The van der Waals surface area contributed by atoms with Crippen molar-refractivity contribution in [1.29, 1.82) is 0 Å². The van der Waals surface area contributed by atoms with Crippen LogP contribution in [0.25, 0.3) is 0 Å². The SMILES string of the molecule is C#CCC(CC)NC(=O)Nc1c(Br)cccc1C(=O)O. The minimum atomic E-state index is -1.11. The van der Waals surface area contributed by atoms with Crippen LogP contribution in [0, 0.1) is 12.3 Å². The molecule has 0 radical (unpaired) electrons. The number of hydrogen-bond acceptors (Lipinski definition) is 2. The number of nitrogens with one attached hydrogen (secondary N) is 2. The number of carboxylic acid groups (broad SMARTS) is 1. The van der Waals surface area contributed by atoms with Crippen LogP contribution in [0.2, 0.25) is 0 Å². The Kier molecular flexibility index (Phi) is 6.07. The van der Waals surface area contributed by atoms with Gasteiger partial charge in [0.2, 0.25) is 0 Å². The molecular formula is C14H15BrN2O3. The van der Waals surface area contributed by atoms with E-state index in [1.54, 1.807) is 12.1 Å². The van der Waals surface area contributed by atoms with Crippen molar-refractivity contribution in [2.45, 2.75) is 25.8 Å². The summed E-state index contributed by atoms with van der Waals surface area (Å²) in [4.78, 5) is 23.0. The molecule has 0 saturated carbocycles. The summed E-state index contributed by atoms with van der Waals surface area (Å²) in [6, 6.07) is 4.03. The molecule has 0 heterocycles. The lowest BCUT2D eigenvalue weighted by atomic mass is 10.1. The first-order valence-electron chi connectivity index (χ1n) is 6.02. The summed E-state index contributed by atoms with van der Waals surface area (Å²) in [6.07, 6.45) is 6.33. The number of carbonyl (C=O) groups is 2. The minimum absolute atomic E-state index is 0.0134. The van der Waals surface area contributed by atoms with Crippen LogP contribution in [-0.2, 0) is 0 Å². The quantitative estimate of drug-likeness (QED) is 0.722. The third-order valence-electron chi connectivity index (χ3n) is 2.67. The number of benzene rings is 1. The fourth-order valence-corrected chi connectivity index (χ4v) is 2.07. The van der Waals surface area contributed by atoms with Crippen LogP contribution < -0.4 is 10.6 Å². The van der Waals surface area contributed by atoms with E-state index in [0.717, 1.165) is 0 Å². The molecule has 106 valence electrons. The summed E-state index contributed by atoms with van der Waals surface area (Å²) >= 11 is 3.22. The molecule has 0 aromatic heterocycles. The second kappa shape index (κ2) is 7.56. The molecule has 1 unspecified atom stereocenters. The number of amides is 2. The first-order valence-corrected chi connectivity index (χ1v) is 6.81. The van der Waals surface area contributed by atoms with Gasteiger partial charge in [0.1, 0.15) is 0 Å². The maximum Gasteiger partial charge on any atom is 0.337 e. The molecule has 1 aromatic carbocycles. The third-order valence-corrected chi connectivity index (χ3v) is 3.34. The van der Waals surface area contributed by atoms with Crippen LogP contribution in [0.1, 0.15) is 30.1 Å². The maximum absolute atomic E-state index is 11.9. The van der Waals surface area contributed by atoms with Crippen molar-refractivity contribution in [1.82, 2.24) is 5.32 Å². The molecule has 0 aliphatic heterocycles. The largest absolute Gasteiger partial charge is 0.478 e. The summed E-state index contributed by atoms with van der Waals surface area (Å²) in [5.41, 5.74) is 0.229. The van der Waals surface area contributed by atoms with E-state index in [2.05, 4.69) is 32.5 Å². The number of urea groups is 1. The Morgan fingerprint density at radius 1 is 1.50 bits per heavy atom. The van der Waals surface area contributed by atoms with Crippen molar-refractivity contribution in [3.8, 4) is 12.3 Å². The summed E-state index contributed by atoms with van der Waals surface area (Å²) in [5, 5.41) is 14.3. The molecule has 3 N–H and O–H groups in total. The number of aromatic carboxylic acids is 1. The minimum Gasteiger partial charge on any atom is -0.478 e. The Balaban J connectivity index is 2.86. The Hall–Kier alpha value is -2.00. The van der Waals surface area contributed by atoms with Gasteiger partial charge < -0.3 is 15.7 Å². The zero-order valence-corrected chi connectivity index (χ0v) is 12.5. The van der Waals surface area contributed by atoms with Gasteiger partial charge in [-0.1, -0.05) is 13.0 Å². The van der Waals surface area contributed by atoms with E-state index in [9.17, 15) is 9.59 Å². The van der Waals surface area contributed by atoms with Crippen molar-refractivity contribution in [3.63, 3.8) is 0 Å². The van der Waals surface area contributed by atoms with Gasteiger partial charge in [-0.2, -0.15) is 0 Å². The van der Waals surface area contributed by atoms with E-state index in [1.165, 1.54) is 6.07 Å². The zero-order valence-electron chi connectivity index (χ0n) is 10.9. The predicted molar refractivity (Wildman–Crippen MR) is 80.8 cm³/mol. The van der Waals surface area contributed by atoms with Crippen molar-refractivity contribution >= 4 is 33.6 Å². The summed E-state index contributed by atoms with van der Waals surface area (Å²) < 4.78 is 0.498. The predicted octanol–water partition coefficient (Wildman–Crippen LogP) is 3.07. The van der Waals surface area contributed by atoms with Crippen molar-refractivity contribution in [2.75, 3.05) is 5.32 Å².